The van der Waals surface area contributed by atoms with Gasteiger partial charge in [-0.2, -0.15) is 0 Å². The van der Waals surface area contributed by atoms with E-state index in [0.29, 0.717) is 11.3 Å². The average Bonchev–Trinajstić information content (AvgIpc) is 3.46. The highest BCUT2D eigenvalue weighted by Crippen LogP contribution is 2.53. The molecule has 2 fully saturated rings. The van der Waals surface area contributed by atoms with Gasteiger partial charge in [-0.25, -0.2) is 4.39 Å². The van der Waals surface area contributed by atoms with Crippen LogP contribution in [-0.4, -0.2) is 37.9 Å². The number of aliphatic hydroxyl groups excluding tert-OH is 1. The summed E-state index contributed by atoms with van der Waals surface area (Å²) in [6, 6.07) is 15.9. The first kappa shape index (κ1) is 20.1. The molecule has 0 radical (unpaired) electrons. The van der Waals surface area contributed by atoms with Crippen LogP contribution in [0.25, 0.3) is 6.08 Å². The Bertz CT molecular complexity index is 857. The van der Waals surface area contributed by atoms with Gasteiger partial charge >= 0.3 is 0 Å². The van der Waals surface area contributed by atoms with Gasteiger partial charge in [-0.1, -0.05) is 42.5 Å². The Morgan fingerprint density at radius 3 is 2.62 bits per heavy atom. The Balaban J connectivity index is 0.000000150. The average molecular weight is 395 g/mol. The van der Waals surface area contributed by atoms with Gasteiger partial charge in [0.15, 0.2) is 0 Å². The Hall–Kier alpha value is -2.17. The van der Waals surface area contributed by atoms with Crippen LogP contribution < -0.4 is 10.2 Å². The van der Waals surface area contributed by atoms with E-state index in [1.807, 2.05) is 18.2 Å². The van der Waals surface area contributed by atoms with Crippen molar-refractivity contribution in [2.75, 3.05) is 31.6 Å². The van der Waals surface area contributed by atoms with E-state index in [-0.39, 0.29) is 12.4 Å². The summed E-state index contributed by atoms with van der Waals surface area (Å²) < 4.78 is 13.2. The molecule has 2 N–H and O–H groups in total. The van der Waals surface area contributed by atoms with Crippen molar-refractivity contribution in [3.8, 4) is 0 Å². The van der Waals surface area contributed by atoms with Crippen molar-refractivity contribution < 1.29 is 9.50 Å². The second-order valence-electron chi connectivity index (χ2n) is 8.52. The van der Waals surface area contributed by atoms with E-state index in [2.05, 4.69) is 41.5 Å². The lowest BCUT2D eigenvalue weighted by molar-refractivity contribution is 0.265. The summed E-state index contributed by atoms with van der Waals surface area (Å²) in [6.07, 6.45) is 9.00. The van der Waals surface area contributed by atoms with Crippen LogP contribution in [0.4, 0.5) is 10.1 Å². The number of halogens is 1. The minimum absolute atomic E-state index is 0.137. The van der Waals surface area contributed by atoms with Gasteiger partial charge < -0.3 is 15.3 Å². The zero-order valence-electron chi connectivity index (χ0n) is 17.2. The first-order chi connectivity index (χ1) is 14.1. The van der Waals surface area contributed by atoms with E-state index in [1.54, 1.807) is 12.1 Å². The number of nitrogens with one attached hydrogen (secondary N) is 1. The molecule has 2 aliphatic carbocycles. The lowest BCUT2D eigenvalue weighted by Crippen LogP contribution is -2.37. The van der Waals surface area contributed by atoms with Crippen molar-refractivity contribution in [1.29, 1.82) is 0 Å². The van der Waals surface area contributed by atoms with Gasteiger partial charge in [0.05, 0.1) is 6.61 Å². The highest BCUT2D eigenvalue weighted by Gasteiger charge is 2.53. The van der Waals surface area contributed by atoms with Crippen LogP contribution in [0.5, 0.6) is 0 Å². The Labute approximate surface area is 173 Å². The van der Waals surface area contributed by atoms with Gasteiger partial charge in [0.2, 0.25) is 0 Å². The molecule has 1 heterocycles. The van der Waals surface area contributed by atoms with Crippen LogP contribution >= 0.6 is 0 Å². The number of rotatable bonds is 3. The quantitative estimate of drug-likeness (QED) is 0.800. The molecule has 2 aromatic rings. The highest BCUT2D eigenvalue weighted by atomic mass is 19.1. The molecule has 1 spiro atoms. The topological polar surface area (TPSA) is 35.5 Å². The van der Waals surface area contributed by atoms with Crippen molar-refractivity contribution in [3.63, 3.8) is 0 Å². The fourth-order valence-corrected chi connectivity index (χ4v) is 4.89. The van der Waals surface area contributed by atoms with Crippen molar-refractivity contribution in [1.82, 2.24) is 5.32 Å². The van der Waals surface area contributed by atoms with E-state index in [0.717, 1.165) is 31.2 Å². The summed E-state index contributed by atoms with van der Waals surface area (Å²) in [7, 11) is 2.05. The normalized spacial score (nSPS) is 23.9. The molecular formula is C25H31FN2O. The van der Waals surface area contributed by atoms with Crippen molar-refractivity contribution in [2.45, 2.75) is 37.6 Å². The monoisotopic (exact) mass is 394 g/mol. The Kier molecular flexibility index (Phi) is 6.02. The van der Waals surface area contributed by atoms with E-state index in [4.69, 9.17) is 5.11 Å². The molecule has 154 valence electrons. The highest BCUT2D eigenvalue weighted by molar-refractivity contribution is 5.57. The minimum atomic E-state index is -0.137. The van der Waals surface area contributed by atoms with Gasteiger partial charge in [-0.15, -0.1) is 0 Å². The number of hydrogen-bond donors (Lipinski definition) is 2. The van der Waals surface area contributed by atoms with Crippen molar-refractivity contribution in [2.24, 2.45) is 5.41 Å². The molecule has 1 aliphatic heterocycles. The molecule has 4 heteroatoms. The third-order valence-electron chi connectivity index (χ3n) is 6.84. The van der Waals surface area contributed by atoms with Gasteiger partial charge in [-0.3, -0.25) is 0 Å². The molecule has 2 unspecified atom stereocenters. The molecule has 1 saturated carbocycles. The molecule has 1 saturated heterocycles. The predicted molar refractivity (Wildman–Crippen MR) is 118 cm³/mol. The number of anilines is 1. The number of fused-ring (bicyclic) bond motifs is 1. The van der Waals surface area contributed by atoms with E-state index < -0.39 is 0 Å². The third-order valence-corrected chi connectivity index (χ3v) is 6.84. The minimum Gasteiger partial charge on any atom is -0.396 e. The molecule has 29 heavy (non-hydrogen) atoms. The third kappa shape index (κ3) is 4.39. The van der Waals surface area contributed by atoms with Crippen molar-refractivity contribution >= 4 is 11.8 Å². The maximum Gasteiger partial charge on any atom is 0.125 e. The van der Waals surface area contributed by atoms with Gasteiger partial charge in [0.25, 0.3) is 0 Å². The molecular weight excluding hydrogens is 363 g/mol. The summed E-state index contributed by atoms with van der Waals surface area (Å²) in [5.41, 5.74) is 4.12. The van der Waals surface area contributed by atoms with Crippen LogP contribution in [0, 0.1) is 11.2 Å². The van der Waals surface area contributed by atoms with E-state index in [9.17, 15) is 4.39 Å². The standard InChI is InChI=1S/C14H19FN2.C11H12O/c1-16-13-10-14(13)5-7-17(8-6-14)12-4-2-3-11(15)9-12;12-8-10-6-3-5-9-4-1-2-7-11(9)10/h2-4,9,13,16H,5-8,10H2,1H3;1-5,7,10,12H,6,8H2. The summed E-state index contributed by atoms with van der Waals surface area (Å²) >= 11 is 0. The number of hydrogen-bond acceptors (Lipinski definition) is 3. The van der Waals surface area contributed by atoms with Crippen LogP contribution in [0.15, 0.2) is 54.6 Å². The molecule has 2 aromatic carbocycles. The molecule has 0 amide bonds. The van der Waals surface area contributed by atoms with Crippen LogP contribution in [0.1, 0.15) is 42.7 Å². The molecule has 2 atom stereocenters. The SMILES string of the molecule is CNC1CC12CCN(c1cccc(F)c1)CC2.OCC1CC=Cc2ccccc21. The number of nitrogens with zero attached hydrogens (tertiary/aromatic N) is 1. The first-order valence-corrected chi connectivity index (χ1v) is 10.7. The van der Waals surface area contributed by atoms with Crippen LogP contribution in [-0.2, 0) is 0 Å². The maximum absolute atomic E-state index is 13.2. The van der Waals surface area contributed by atoms with Gasteiger partial charge in [0, 0.05) is 30.7 Å². The molecule has 5 rings (SSSR count). The zero-order valence-corrected chi connectivity index (χ0v) is 17.2. The lowest BCUT2D eigenvalue weighted by atomic mass is 9.88. The first-order valence-electron chi connectivity index (χ1n) is 10.7. The largest absolute Gasteiger partial charge is 0.396 e. The molecule has 3 nitrogen and oxygen atoms in total. The zero-order chi connectivity index (χ0) is 20.3. The van der Waals surface area contributed by atoms with E-state index in [1.165, 1.54) is 36.5 Å². The summed E-state index contributed by atoms with van der Waals surface area (Å²) in [5, 5.41) is 12.5. The molecule has 0 aromatic heterocycles. The van der Waals surface area contributed by atoms with Crippen molar-refractivity contribution in [3.05, 3.63) is 71.6 Å². The molecule has 3 aliphatic rings. The van der Waals surface area contributed by atoms with Gasteiger partial charge in [0.1, 0.15) is 5.82 Å². The number of benzene rings is 2. The summed E-state index contributed by atoms with van der Waals surface area (Å²) in [5.74, 6) is 0.175. The summed E-state index contributed by atoms with van der Waals surface area (Å²) in [4.78, 5) is 2.30. The van der Waals surface area contributed by atoms with Gasteiger partial charge in [-0.05, 0) is 67.5 Å². The second kappa shape index (κ2) is 8.68. The summed E-state index contributed by atoms with van der Waals surface area (Å²) in [6.45, 7) is 2.37. The number of allylic oxidation sites excluding steroid dienone is 1. The second-order valence-corrected chi connectivity index (χ2v) is 8.52. The predicted octanol–water partition coefficient (Wildman–Crippen LogP) is 4.58. The lowest BCUT2D eigenvalue weighted by Gasteiger charge is -2.34. The Morgan fingerprint density at radius 1 is 1.14 bits per heavy atom. The number of aliphatic hydroxyl groups is 1. The maximum atomic E-state index is 13.2. The van der Waals surface area contributed by atoms with Crippen LogP contribution in [0.3, 0.4) is 0 Å². The Morgan fingerprint density at radius 2 is 1.93 bits per heavy atom. The smallest absolute Gasteiger partial charge is 0.125 e. The number of piperidine rings is 1. The van der Waals surface area contributed by atoms with Crippen LogP contribution in [0.2, 0.25) is 0 Å². The molecule has 0 bridgehead atoms. The fourth-order valence-electron chi connectivity index (χ4n) is 4.89. The van der Waals surface area contributed by atoms with E-state index >= 15 is 0 Å². The fraction of sp³-hybridized carbons (Fsp3) is 0.440.